The highest BCUT2D eigenvalue weighted by Gasteiger charge is 2.14. The Hall–Kier alpha value is -2.67. The fourth-order valence-electron chi connectivity index (χ4n) is 3.04. The van der Waals surface area contributed by atoms with Crippen LogP contribution in [0.4, 0.5) is 5.69 Å². The molecular formula is C23H27BrN4O2. The average Bonchev–Trinajstić information content (AvgIpc) is 2.67. The number of hydrogen-bond acceptors (Lipinski definition) is 5. The number of hydrogen-bond donors (Lipinski definition) is 0. The van der Waals surface area contributed by atoms with Gasteiger partial charge in [0, 0.05) is 41.8 Å². The summed E-state index contributed by atoms with van der Waals surface area (Å²) in [6.45, 7) is 7.96. The zero-order chi connectivity index (χ0) is 22.0. The number of nitrogens with zero attached hydrogens (tertiary/aromatic N) is 4. The molecule has 0 unspecified atom stereocenters. The van der Waals surface area contributed by atoms with Gasteiger partial charge in [-0.3, -0.25) is 4.79 Å². The molecule has 0 fully saturated rings. The molecule has 7 heteroatoms. The highest BCUT2D eigenvalue weighted by atomic mass is 79.9. The second-order valence-corrected chi connectivity index (χ2v) is 8.85. The van der Waals surface area contributed by atoms with Crippen molar-refractivity contribution in [2.75, 3.05) is 19.0 Å². The van der Waals surface area contributed by atoms with Gasteiger partial charge in [-0.25, -0.2) is 4.98 Å². The molecule has 1 heterocycles. The van der Waals surface area contributed by atoms with Crippen LogP contribution in [0.2, 0.25) is 0 Å². The lowest BCUT2D eigenvalue weighted by Gasteiger charge is -2.17. The molecule has 0 amide bonds. The predicted molar refractivity (Wildman–Crippen MR) is 127 cm³/mol. The van der Waals surface area contributed by atoms with Gasteiger partial charge in [0.05, 0.1) is 23.2 Å². The molecule has 30 heavy (non-hydrogen) atoms. The van der Waals surface area contributed by atoms with E-state index in [0.29, 0.717) is 16.7 Å². The molecule has 0 radical (unpaired) electrons. The molecule has 0 bridgehead atoms. The van der Waals surface area contributed by atoms with E-state index in [0.717, 1.165) is 21.5 Å². The minimum Gasteiger partial charge on any atom is -0.490 e. The lowest BCUT2D eigenvalue weighted by atomic mass is 10.1. The standard InChI is InChI=1S/C23H27BrN4O2/c1-14(2)22-26-20-10-8-17(24)11-19(20)23(29)28(22)25-13-16-7-9-18(27(5)6)12-21(16)30-15(3)4/h7-15H,1-6H3. The number of halogens is 1. The van der Waals surface area contributed by atoms with Crippen molar-refractivity contribution >= 4 is 38.7 Å². The van der Waals surface area contributed by atoms with Crippen LogP contribution in [0, 0.1) is 0 Å². The van der Waals surface area contributed by atoms with Crippen molar-refractivity contribution in [2.45, 2.75) is 39.7 Å². The summed E-state index contributed by atoms with van der Waals surface area (Å²) in [7, 11) is 3.96. The molecule has 0 aliphatic heterocycles. The van der Waals surface area contributed by atoms with E-state index in [1.54, 1.807) is 12.3 Å². The summed E-state index contributed by atoms with van der Waals surface area (Å²) >= 11 is 3.43. The van der Waals surface area contributed by atoms with Crippen molar-refractivity contribution < 1.29 is 4.74 Å². The van der Waals surface area contributed by atoms with E-state index in [9.17, 15) is 4.79 Å². The fourth-order valence-corrected chi connectivity index (χ4v) is 3.40. The Labute approximate surface area is 185 Å². The Morgan fingerprint density at radius 3 is 2.50 bits per heavy atom. The Kier molecular flexibility index (Phi) is 6.61. The zero-order valence-corrected chi connectivity index (χ0v) is 19.8. The molecule has 3 aromatic rings. The van der Waals surface area contributed by atoms with Crippen molar-refractivity contribution in [3.05, 3.63) is 62.6 Å². The lowest BCUT2D eigenvalue weighted by molar-refractivity contribution is 0.242. The van der Waals surface area contributed by atoms with E-state index in [2.05, 4.69) is 26.0 Å². The zero-order valence-electron chi connectivity index (χ0n) is 18.2. The number of aromatic nitrogens is 2. The van der Waals surface area contributed by atoms with E-state index in [1.807, 2.05) is 77.0 Å². The second kappa shape index (κ2) is 9.00. The Balaban J connectivity index is 2.14. The van der Waals surface area contributed by atoms with Crippen LogP contribution >= 0.6 is 15.9 Å². The monoisotopic (exact) mass is 470 g/mol. The summed E-state index contributed by atoms with van der Waals surface area (Å²) in [4.78, 5) is 19.9. The predicted octanol–water partition coefficient (Wildman–Crippen LogP) is 5.02. The first-order chi connectivity index (χ1) is 14.2. The van der Waals surface area contributed by atoms with Crippen LogP contribution < -0.4 is 15.2 Å². The van der Waals surface area contributed by atoms with Crippen LogP contribution in [0.25, 0.3) is 10.9 Å². The van der Waals surface area contributed by atoms with Crippen LogP contribution in [-0.2, 0) is 0 Å². The van der Waals surface area contributed by atoms with Crippen LogP contribution in [-0.4, -0.2) is 36.1 Å². The second-order valence-electron chi connectivity index (χ2n) is 7.93. The summed E-state index contributed by atoms with van der Waals surface area (Å²) in [5.41, 5.74) is 2.29. The maximum Gasteiger partial charge on any atom is 0.282 e. The van der Waals surface area contributed by atoms with Crippen molar-refractivity contribution in [2.24, 2.45) is 5.10 Å². The van der Waals surface area contributed by atoms with Gasteiger partial charge >= 0.3 is 0 Å². The van der Waals surface area contributed by atoms with Crippen molar-refractivity contribution in [1.82, 2.24) is 9.66 Å². The summed E-state index contributed by atoms with van der Waals surface area (Å²) < 4.78 is 8.21. The van der Waals surface area contributed by atoms with E-state index in [4.69, 9.17) is 4.74 Å². The quantitative estimate of drug-likeness (QED) is 0.474. The van der Waals surface area contributed by atoms with E-state index in [-0.39, 0.29) is 17.6 Å². The Morgan fingerprint density at radius 1 is 1.13 bits per heavy atom. The molecule has 3 rings (SSSR count). The minimum atomic E-state index is -0.197. The first-order valence-corrected chi connectivity index (χ1v) is 10.7. The molecule has 0 saturated heterocycles. The summed E-state index contributed by atoms with van der Waals surface area (Å²) in [6, 6.07) is 11.4. The molecule has 158 valence electrons. The third-order valence-corrected chi connectivity index (χ3v) is 5.03. The largest absolute Gasteiger partial charge is 0.490 e. The minimum absolute atomic E-state index is 0.0168. The van der Waals surface area contributed by atoms with Crippen molar-refractivity contribution in [1.29, 1.82) is 0 Å². The van der Waals surface area contributed by atoms with Gasteiger partial charge in [0.2, 0.25) is 0 Å². The molecule has 0 atom stereocenters. The maximum absolute atomic E-state index is 13.2. The third-order valence-electron chi connectivity index (χ3n) is 4.54. The van der Waals surface area contributed by atoms with Crippen LogP contribution in [0.1, 0.15) is 45.0 Å². The maximum atomic E-state index is 13.2. The lowest BCUT2D eigenvalue weighted by Crippen LogP contribution is -2.23. The van der Waals surface area contributed by atoms with E-state index in [1.165, 1.54) is 4.68 Å². The molecule has 2 aromatic carbocycles. The van der Waals surface area contributed by atoms with Crippen LogP contribution in [0.3, 0.4) is 0 Å². The molecule has 0 N–H and O–H groups in total. The normalized spacial score (nSPS) is 11.8. The summed E-state index contributed by atoms with van der Waals surface area (Å²) in [5.74, 6) is 1.36. The Bertz CT molecular complexity index is 1150. The first kappa shape index (κ1) is 22.0. The van der Waals surface area contributed by atoms with Gasteiger partial charge in [-0.05, 0) is 44.2 Å². The Morgan fingerprint density at radius 2 is 1.87 bits per heavy atom. The van der Waals surface area contributed by atoms with Crippen LogP contribution in [0.15, 0.2) is 50.8 Å². The molecule has 0 aliphatic rings. The smallest absolute Gasteiger partial charge is 0.282 e. The molecule has 6 nitrogen and oxygen atoms in total. The SMILES string of the molecule is CC(C)Oc1cc(N(C)C)ccc1C=Nn1c(C(C)C)nc2ccc(Br)cc2c1=O. The topological polar surface area (TPSA) is 59.7 Å². The van der Waals surface area contributed by atoms with E-state index >= 15 is 0 Å². The molecule has 1 aromatic heterocycles. The average molecular weight is 471 g/mol. The van der Waals surface area contributed by atoms with Gasteiger partial charge in [0.25, 0.3) is 5.56 Å². The van der Waals surface area contributed by atoms with Crippen molar-refractivity contribution in [3.8, 4) is 5.75 Å². The van der Waals surface area contributed by atoms with Crippen molar-refractivity contribution in [3.63, 3.8) is 0 Å². The van der Waals surface area contributed by atoms with Gasteiger partial charge in [-0.15, -0.1) is 0 Å². The number of rotatable bonds is 6. The molecule has 0 saturated carbocycles. The number of anilines is 1. The van der Waals surface area contributed by atoms with Gasteiger partial charge in [0.1, 0.15) is 11.6 Å². The molecule has 0 spiro atoms. The van der Waals surface area contributed by atoms with Crippen LogP contribution in [0.5, 0.6) is 5.75 Å². The highest BCUT2D eigenvalue weighted by Crippen LogP contribution is 2.25. The summed E-state index contributed by atoms with van der Waals surface area (Å²) in [6.07, 6.45) is 1.68. The number of benzene rings is 2. The van der Waals surface area contributed by atoms with E-state index < -0.39 is 0 Å². The molecular weight excluding hydrogens is 444 g/mol. The van der Waals surface area contributed by atoms with Gasteiger partial charge in [0.15, 0.2) is 0 Å². The fraction of sp³-hybridized carbons (Fsp3) is 0.348. The molecule has 0 aliphatic carbocycles. The van der Waals surface area contributed by atoms with Gasteiger partial charge in [-0.1, -0.05) is 29.8 Å². The first-order valence-electron chi connectivity index (χ1n) is 9.92. The van der Waals surface area contributed by atoms with Gasteiger partial charge < -0.3 is 9.64 Å². The highest BCUT2D eigenvalue weighted by molar-refractivity contribution is 9.10. The number of ether oxygens (including phenoxy) is 1. The third kappa shape index (κ3) is 4.73. The number of fused-ring (bicyclic) bond motifs is 1. The van der Waals surface area contributed by atoms with Gasteiger partial charge in [-0.2, -0.15) is 9.78 Å². The summed E-state index contributed by atoms with van der Waals surface area (Å²) in [5, 5.41) is 5.05.